The summed E-state index contributed by atoms with van der Waals surface area (Å²) in [5, 5.41) is 0.786. The molecule has 0 atom stereocenters. The van der Waals surface area contributed by atoms with Gasteiger partial charge in [-0.3, -0.25) is 4.79 Å². The van der Waals surface area contributed by atoms with Crippen LogP contribution in [0.5, 0.6) is 5.75 Å². The summed E-state index contributed by atoms with van der Waals surface area (Å²) in [5.74, 6) is 0.368. The highest BCUT2D eigenvalue weighted by atomic mass is 16.7. The summed E-state index contributed by atoms with van der Waals surface area (Å²) in [6.07, 6.45) is -0.354. The number of pyridine rings is 1. The summed E-state index contributed by atoms with van der Waals surface area (Å²) in [6, 6.07) is 8.40. The lowest BCUT2D eigenvalue weighted by Crippen LogP contribution is -2.07. The summed E-state index contributed by atoms with van der Waals surface area (Å²) in [4.78, 5) is 26.8. The van der Waals surface area contributed by atoms with Crippen LogP contribution in [0.1, 0.15) is 23.8 Å². The van der Waals surface area contributed by atoms with Crippen LogP contribution in [0.2, 0.25) is 0 Å². The lowest BCUT2D eigenvalue weighted by Gasteiger charge is -2.05. The minimum atomic E-state index is -0.773. The van der Waals surface area contributed by atoms with Crippen molar-refractivity contribution in [3.8, 4) is 5.75 Å². The van der Waals surface area contributed by atoms with E-state index >= 15 is 0 Å². The summed E-state index contributed by atoms with van der Waals surface area (Å²) >= 11 is 0. The first-order valence-electron chi connectivity index (χ1n) is 5.84. The van der Waals surface area contributed by atoms with Gasteiger partial charge in [0, 0.05) is 11.8 Å². The maximum atomic E-state index is 11.6. The van der Waals surface area contributed by atoms with Crippen molar-refractivity contribution < 1.29 is 19.1 Å². The molecule has 1 aromatic carbocycles. The van der Waals surface area contributed by atoms with Crippen LogP contribution in [0.4, 0.5) is 4.79 Å². The molecule has 0 saturated carbocycles. The molecule has 0 unspecified atom stereocenters. The first-order valence-corrected chi connectivity index (χ1v) is 5.84. The number of hydrogen-bond acceptors (Lipinski definition) is 5. The number of methoxy groups -OCH3 is 1. The smallest absolute Gasteiger partial charge is 0.437 e. The van der Waals surface area contributed by atoms with Crippen LogP contribution in [-0.4, -0.2) is 24.0 Å². The van der Waals surface area contributed by atoms with Crippen LogP contribution in [0.15, 0.2) is 30.3 Å². The number of benzene rings is 1. The van der Waals surface area contributed by atoms with Crippen LogP contribution in [-0.2, 0) is 4.74 Å². The topological polar surface area (TPSA) is 65.5 Å². The molecule has 0 radical (unpaired) electrons. The molecule has 0 spiro atoms. The largest absolute Gasteiger partial charge is 0.513 e. The van der Waals surface area contributed by atoms with Gasteiger partial charge in [-0.2, -0.15) is 0 Å². The molecule has 0 aliphatic rings. The van der Waals surface area contributed by atoms with Gasteiger partial charge in [-0.05, 0) is 24.3 Å². The third-order valence-corrected chi connectivity index (χ3v) is 2.64. The third-order valence-electron chi connectivity index (χ3n) is 2.64. The number of ketones is 1. The molecule has 0 amide bonds. The lowest BCUT2D eigenvalue weighted by atomic mass is 10.1. The fourth-order valence-electron chi connectivity index (χ4n) is 1.64. The van der Waals surface area contributed by atoms with Crippen LogP contribution >= 0.6 is 0 Å². The van der Waals surface area contributed by atoms with Gasteiger partial charge in [-0.1, -0.05) is 13.0 Å². The molecule has 5 heteroatoms. The maximum Gasteiger partial charge on any atom is 0.513 e. The lowest BCUT2D eigenvalue weighted by molar-refractivity contribution is 0.0983. The standard InChI is InChI=1S/C14H13NO4/c1-3-13(16)12-6-4-9-8-10(19-14(17)18-2)5-7-11(9)15-12/h4-8H,3H2,1-2H3. The molecule has 2 rings (SSSR count). The second-order valence-corrected chi connectivity index (χ2v) is 3.88. The zero-order valence-corrected chi connectivity index (χ0v) is 10.7. The second-order valence-electron chi connectivity index (χ2n) is 3.88. The minimum Gasteiger partial charge on any atom is -0.437 e. The number of carbonyl (C=O) groups is 2. The van der Waals surface area contributed by atoms with Crippen molar-refractivity contribution in [2.45, 2.75) is 13.3 Å². The van der Waals surface area contributed by atoms with Crippen molar-refractivity contribution in [1.82, 2.24) is 4.98 Å². The molecule has 0 aliphatic heterocycles. The highest BCUT2D eigenvalue weighted by Crippen LogP contribution is 2.20. The number of fused-ring (bicyclic) bond motifs is 1. The molecule has 19 heavy (non-hydrogen) atoms. The highest BCUT2D eigenvalue weighted by molar-refractivity contribution is 5.96. The summed E-state index contributed by atoms with van der Waals surface area (Å²) in [5.41, 5.74) is 1.12. The van der Waals surface area contributed by atoms with Gasteiger partial charge >= 0.3 is 6.16 Å². The van der Waals surface area contributed by atoms with E-state index in [1.165, 1.54) is 7.11 Å². The highest BCUT2D eigenvalue weighted by Gasteiger charge is 2.08. The Balaban J connectivity index is 2.35. The van der Waals surface area contributed by atoms with Crippen LogP contribution in [0.25, 0.3) is 10.9 Å². The Bertz CT molecular complexity index is 636. The number of Topliss-reactive ketones (excluding diaryl/α,β-unsaturated/α-hetero) is 1. The number of hydrogen-bond donors (Lipinski definition) is 0. The zero-order valence-electron chi connectivity index (χ0n) is 10.7. The van der Waals surface area contributed by atoms with Crippen LogP contribution in [0, 0.1) is 0 Å². The van der Waals surface area contributed by atoms with Gasteiger partial charge in [-0.25, -0.2) is 9.78 Å². The van der Waals surface area contributed by atoms with E-state index in [1.54, 1.807) is 37.3 Å². The van der Waals surface area contributed by atoms with E-state index in [2.05, 4.69) is 9.72 Å². The fourth-order valence-corrected chi connectivity index (χ4v) is 1.64. The summed E-state index contributed by atoms with van der Waals surface area (Å²) < 4.78 is 9.32. The van der Waals surface area contributed by atoms with Gasteiger partial charge in [0.15, 0.2) is 5.78 Å². The van der Waals surface area contributed by atoms with Gasteiger partial charge < -0.3 is 9.47 Å². The molecule has 0 aliphatic carbocycles. The summed E-state index contributed by atoms with van der Waals surface area (Å²) in [7, 11) is 1.24. The monoisotopic (exact) mass is 259 g/mol. The van der Waals surface area contributed by atoms with Gasteiger partial charge in [0.1, 0.15) is 11.4 Å². The van der Waals surface area contributed by atoms with E-state index in [-0.39, 0.29) is 5.78 Å². The van der Waals surface area contributed by atoms with E-state index in [4.69, 9.17) is 4.74 Å². The molecule has 1 heterocycles. The molecule has 5 nitrogen and oxygen atoms in total. The maximum absolute atomic E-state index is 11.6. The van der Waals surface area contributed by atoms with E-state index in [0.717, 1.165) is 5.39 Å². The molecular formula is C14H13NO4. The molecule has 0 bridgehead atoms. The minimum absolute atomic E-state index is 0.00297. The molecule has 0 N–H and O–H groups in total. The summed E-state index contributed by atoms with van der Waals surface area (Å²) in [6.45, 7) is 1.79. The van der Waals surface area contributed by atoms with Crippen molar-refractivity contribution in [3.05, 3.63) is 36.0 Å². The molecule has 0 saturated heterocycles. The fraction of sp³-hybridized carbons (Fsp3) is 0.214. The van der Waals surface area contributed by atoms with Crippen LogP contribution < -0.4 is 4.74 Å². The predicted molar refractivity (Wildman–Crippen MR) is 69.4 cm³/mol. The van der Waals surface area contributed by atoms with Gasteiger partial charge in [-0.15, -0.1) is 0 Å². The molecule has 0 fully saturated rings. The van der Waals surface area contributed by atoms with Crippen molar-refractivity contribution >= 4 is 22.8 Å². The van der Waals surface area contributed by atoms with Crippen LogP contribution in [0.3, 0.4) is 0 Å². The van der Waals surface area contributed by atoms with Gasteiger partial charge in [0.2, 0.25) is 0 Å². The Kier molecular flexibility index (Phi) is 3.75. The first kappa shape index (κ1) is 13.0. The van der Waals surface area contributed by atoms with Crippen molar-refractivity contribution in [2.24, 2.45) is 0 Å². The Labute approximate surface area is 110 Å². The molecule has 1 aromatic heterocycles. The number of aromatic nitrogens is 1. The third kappa shape index (κ3) is 2.88. The molecule has 98 valence electrons. The van der Waals surface area contributed by atoms with Crippen molar-refractivity contribution in [2.75, 3.05) is 7.11 Å². The molecule has 2 aromatic rings. The Morgan fingerprint density at radius 3 is 2.68 bits per heavy atom. The number of rotatable bonds is 3. The average molecular weight is 259 g/mol. The van der Waals surface area contributed by atoms with Gasteiger partial charge in [0.05, 0.1) is 12.6 Å². The number of carbonyl (C=O) groups excluding carboxylic acids is 2. The predicted octanol–water partition coefficient (Wildman–Crippen LogP) is 2.97. The van der Waals surface area contributed by atoms with Crippen molar-refractivity contribution in [3.63, 3.8) is 0 Å². The first-order chi connectivity index (χ1) is 9.13. The molecular weight excluding hydrogens is 246 g/mol. The van der Waals surface area contributed by atoms with E-state index in [0.29, 0.717) is 23.4 Å². The van der Waals surface area contributed by atoms with E-state index in [1.807, 2.05) is 0 Å². The quantitative estimate of drug-likeness (QED) is 0.481. The Morgan fingerprint density at radius 1 is 1.21 bits per heavy atom. The van der Waals surface area contributed by atoms with E-state index in [9.17, 15) is 9.59 Å². The SMILES string of the molecule is CCC(=O)c1ccc2cc(OC(=O)OC)ccc2n1. The average Bonchev–Trinajstić information content (AvgIpc) is 2.45. The Morgan fingerprint density at radius 2 is 2.00 bits per heavy atom. The number of nitrogens with zero attached hydrogens (tertiary/aromatic N) is 1. The normalized spacial score (nSPS) is 10.2. The van der Waals surface area contributed by atoms with Crippen molar-refractivity contribution in [1.29, 1.82) is 0 Å². The second kappa shape index (κ2) is 5.48. The number of ether oxygens (including phenoxy) is 2. The zero-order chi connectivity index (χ0) is 13.8. The van der Waals surface area contributed by atoms with E-state index < -0.39 is 6.16 Å². The van der Waals surface area contributed by atoms with Gasteiger partial charge in [0.25, 0.3) is 0 Å². The Hall–Kier alpha value is -2.43.